The molecule has 0 aliphatic heterocycles. The molecule has 0 bridgehead atoms. The largest absolute Gasteiger partial charge is 0.455 e. The van der Waals surface area contributed by atoms with Crippen LogP contribution in [0.4, 0.5) is 10.1 Å². The summed E-state index contributed by atoms with van der Waals surface area (Å²) < 4.78 is 46.6. The van der Waals surface area contributed by atoms with Crippen molar-refractivity contribution in [3.63, 3.8) is 0 Å². The second kappa shape index (κ2) is 7.48. The fourth-order valence-electron chi connectivity index (χ4n) is 4.34. The van der Waals surface area contributed by atoms with E-state index in [0.29, 0.717) is 34.3 Å². The molecular formula is C24H24FN3O3S. The molecule has 0 unspecified atom stereocenters. The Morgan fingerprint density at radius 1 is 1.19 bits per heavy atom. The summed E-state index contributed by atoms with van der Waals surface area (Å²) in [6.07, 6.45) is 6.68. The highest BCUT2D eigenvalue weighted by molar-refractivity contribution is 7.92. The standard InChI is InChI=1S/C24H24FN3O3S/c1-14(2)28(32(3,29)30)20-13-21-19(12-18(20)15-4-5-15)22(24-26-10-11-27-24)23(31-21)16-6-8-17(25)9-7-16/h6-15H,4-5H2,1-3H3,(H,26,27). The van der Waals surface area contributed by atoms with Gasteiger partial charge in [0.25, 0.3) is 0 Å². The van der Waals surface area contributed by atoms with Crippen LogP contribution >= 0.6 is 0 Å². The summed E-state index contributed by atoms with van der Waals surface area (Å²) in [7, 11) is -3.49. The number of aromatic amines is 1. The lowest BCUT2D eigenvalue weighted by atomic mass is 10.00. The van der Waals surface area contributed by atoms with Crippen molar-refractivity contribution in [3.8, 4) is 22.7 Å². The van der Waals surface area contributed by atoms with Crippen LogP contribution in [0.3, 0.4) is 0 Å². The first-order valence-electron chi connectivity index (χ1n) is 10.6. The Hall–Kier alpha value is -3.13. The van der Waals surface area contributed by atoms with Gasteiger partial charge in [0, 0.05) is 35.5 Å². The number of nitrogens with one attached hydrogen (secondary N) is 1. The molecule has 4 aromatic rings. The number of sulfonamides is 1. The minimum atomic E-state index is -3.49. The molecule has 166 valence electrons. The summed E-state index contributed by atoms with van der Waals surface area (Å²) in [6, 6.07) is 9.73. The number of halogens is 1. The highest BCUT2D eigenvalue weighted by Crippen LogP contribution is 2.49. The van der Waals surface area contributed by atoms with Crippen molar-refractivity contribution in [2.75, 3.05) is 10.6 Å². The third kappa shape index (κ3) is 3.58. The SMILES string of the molecule is CC(C)N(c1cc2oc(-c3ccc(F)cc3)c(-c3ncc[nH]3)c2cc1C1CC1)S(C)(=O)=O. The lowest BCUT2D eigenvalue weighted by Crippen LogP contribution is -2.36. The average Bonchev–Trinajstić information content (AvgIpc) is 3.28. The zero-order valence-corrected chi connectivity index (χ0v) is 18.9. The second-order valence-corrected chi connectivity index (χ2v) is 10.4. The molecule has 6 nitrogen and oxygen atoms in total. The maximum Gasteiger partial charge on any atom is 0.232 e. The van der Waals surface area contributed by atoms with Gasteiger partial charge in [0.15, 0.2) is 0 Å². The molecule has 8 heteroatoms. The first-order chi connectivity index (χ1) is 15.2. The lowest BCUT2D eigenvalue weighted by molar-refractivity contribution is 0.590. The number of hydrogen-bond acceptors (Lipinski definition) is 4. The number of nitrogens with zero attached hydrogens (tertiary/aromatic N) is 2. The molecule has 0 amide bonds. The van der Waals surface area contributed by atoms with E-state index in [4.69, 9.17) is 4.42 Å². The summed E-state index contributed by atoms with van der Waals surface area (Å²) in [6.45, 7) is 3.73. The van der Waals surface area contributed by atoms with Crippen LogP contribution in [-0.4, -0.2) is 30.7 Å². The smallest absolute Gasteiger partial charge is 0.232 e. The van der Waals surface area contributed by atoms with Crippen molar-refractivity contribution in [2.45, 2.75) is 38.6 Å². The molecule has 2 heterocycles. The number of anilines is 1. The summed E-state index contributed by atoms with van der Waals surface area (Å²) in [5.41, 5.74) is 3.70. The number of hydrogen-bond donors (Lipinski definition) is 1. The van der Waals surface area contributed by atoms with Crippen molar-refractivity contribution in [1.29, 1.82) is 0 Å². The third-order valence-electron chi connectivity index (χ3n) is 5.76. The van der Waals surface area contributed by atoms with Gasteiger partial charge in [0.2, 0.25) is 10.0 Å². The van der Waals surface area contributed by atoms with Gasteiger partial charge in [-0.3, -0.25) is 4.31 Å². The molecule has 1 N–H and O–H groups in total. The topological polar surface area (TPSA) is 79.2 Å². The second-order valence-electron chi connectivity index (χ2n) is 8.58. The van der Waals surface area contributed by atoms with Crippen molar-refractivity contribution >= 4 is 26.7 Å². The number of fused-ring (bicyclic) bond motifs is 1. The van der Waals surface area contributed by atoms with Crippen molar-refractivity contribution in [3.05, 3.63) is 60.2 Å². The molecule has 0 atom stereocenters. The van der Waals surface area contributed by atoms with Crippen LogP contribution in [0.15, 0.2) is 53.2 Å². The van der Waals surface area contributed by atoms with E-state index in [1.807, 2.05) is 26.0 Å². The summed E-state index contributed by atoms with van der Waals surface area (Å²) in [5.74, 6) is 1.18. The minimum absolute atomic E-state index is 0.240. The van der Waals surface area contributed by atoms with Crippen LogP contribution in [-0.2, 0) is 10.0 Å². The monoisotopic (exact) mass is 453 g/mol. The minimum Gasteiger partial charge on any atom is -0.455 e. The zero-order chi connectivity index (χ0) is 22.6. The predicted molar refractivity (Wildman–Crippen MR) is 124 cm³/mol. The molecule has 32 heavy (non-hydrogen) atoms. The molecule has 0 radical (unpaired) electrons. The first kappa shape index (κ1) is 20.8. The number of imidazole rings is 1. The van der Waals surface area contributed by atoms with Crippen molar-refractivity contribution in [2.24, 2.45) is 0 Å². The number of H-pyrrole nitrogens is 1. The van der Waals surface area contributed by atoms with Crippen molar-refractivity contribution in [1.82, 2.24) is 9.97 Å². The lowest BCUT2D eigenvalue weighted by Gasteiger charge is -2.28. The van der Waals surface area contributed by atoms with Crippen molar-refractivity contribution < 1.29 is 17.2 Å². The van der Waals surface area contributed by atoms with Gasteiger partial charge in [-0.25, -0.2) is 17.8 Å². The summed E-state index contributed by atoms with van der Waals surface area (Å²) in [5, 5.41) is 0.849. The Labute approximate surface area is 186 Å². The molecule has 1 fully saturated rings. The maximum atomic E-state index is 13.5. The van der Waals surface area contributed by atoms with Crippen LogP contribution in [0, 0.1) is 5.82 Å². The normalized spacial score (nSPS) is 14.4. The van der Waals surface area contributed by atoms with E-state index < -0.39 is 10.0 Å². The summed E-state index contributed by atoms with van der Waals surface area (Å²) >= 11 is 0. The summed E-state index contributed by atoms with van der Waals surface area (Å²) in [4.78, 5) is 7.58. The van der Waals surface area contributed by atoms with Gasteiger partial charge in [-0.05, 0) is 68.5 Å². The highest BCUT2D eigenvalue weighted by atomic mass is 32.2. The van der Waals surface area contributed by atoms with Gasteiger partial charge in [-0.1, -0.05) is 0 Å². The highest BCUT2D eigenvalue weighted by Gasteiger charge is 2.33. The van der Waals surface area contributed by atoms with E-state index >= 15 is 0 Å². The molecule has 2 aromatic heterocycles. The molecule has 5 rings (SSSR count). The van der Waals surface area contributed by atoms with Gasteiger partial charge in [0.1, 0.15) is 23.0 Å². The van der Waals surface area contributed by atoms with Crippen LogP contribution < -0.4 is 4.31 Å². The number of benzene rings is 2. The van der Waals surface area contributed by atoms with E-state index in [1.165, 1.54) is 22.7 Å². The van der Waals surface area contributed by atoms with Gasteiger partial charge in [-0.15, -0.1) is 0 Å². The molecular weight excluding hydrogens is 429 g/mol. The van der Waals surface area contributed by atoms with Crippen LogP contribution in [0.1, 0.15) is 38.2 Å². The molecule has 1 saturated carbocycles. The number of rotatable bonds is 6. The molecule has 1 aliphatic rings. The van der Waals surface area contributed by atoms with E-state index in [1.54, 1.807) is 24.5 Å². The molecule has 0 saturated heterocycles. The Kier molecular flexibility index (Phi) is 4.85. The van der Waals surface area contributed by atoms with Crippen LogP contribution in [0.2, 0.25) is 0 Å². The van der Waals surface area contributed by atoms with E-state index in [9.17, 15) is 12.8 Å². The Balaban J connectivity index is 1.82. The quantitative estimate of drug-likeness (QED) is 0.407. The van der Waals surface area contributed by atoms with Crippen LogP contribution in [0.5, 0.6) is 0 Å². The first-order valence-corrected chi connectivity index (χ1v) is 12.4. The number of aromatic nitrogens is 2. The van der Waals surface area contributed by atoms with Gasteiger partial charge >= 0.3 is 0 Å². The molecule has 1 aliphatic carbocycles. The Morgan fingerprint density at radius 2 is 1.91 bits per heavy atom. The van der Waals surface area contributed by atoms with E-state index in [2.05, 4.69) is 9.97 Å². The van der Waals surface area contributed by atoms with Crippen LogP contribution in [0.25, 0.3) is 33.7 Å². The zero-order valence-electron chi connectivity index (χ0n) is 18.1. The molecule has 0 spiro atoms. The Bertz CT molecular complexity index is 1390. The Morgan fingerprint density at radius 3 is 2.47 bits per heavy atom. The maximum absolute atomic E-state index is 13.5. The molecule has 2 aromatic carbocycles. The fraction of sp³-hybridized carbons (Fsp3) is 0.292. The average molecular weight is 454 g/mol. The van der Waals surface area contributed by atoms with E-state index in [0.717, 1.165) is 29.4 Å². The van der Waals surface area contributed by atoms with E-state index in [-0.39, 0.29) is 11.9 Å². The van der Waals surface area contributed by atoms with Gasteiger partial charge in [-0.2, -0.15) is 0 Å². The third-order valence-corrected chi connectivity index (χ3v) is 7.09. The predicted octanol–water partition coefficient (Wildman–Crippen LogP) is 5.68. The number of furan rings is 1. The van der Waals surface area contributed by atoms with Gasteiger partial charge < -0.3 is 9.40 Å². The van der Waals surface area contributed by atoms with Gasteiger partial charge in [0.05, 0.1) is 17.5 Å². The fourth-order valence-corrected chi connectivity index (χ4v) is 5.62.